The number of amides is 1. The highest BCUT2D eigenvalue weighted by Gasteiger charge is 1.98. The van der Waals surface area contributed by atoms with Crippen molar-refractivity contribution >= 4 is 5.91 Å². The highest BCUT2D eigenvalue weighted by Crippen LogP contribution is 2.11. The van der Waals surface area contributed by atoms with Gasteiger partial charge in [-0.05, 0) is 25.5 Å². The van der Waals surface area contributed by atoms with Gasteiger partial charge in [0.1, 0.15) is 5.75 Å². The zero-order chi connectivity index (χ0) is 12.5. The molecule has 17 heavy (non-hydrogen) atoms. The Labute approximate surface area is 102 Å². The van der Waals surface area contributed by atoms with Crippen LogP contribution in [0.2, 0.25) is 0 Å². The third kappa shape index (κ3) is 5.92. The summed E-state index contributed by atoms with van der Waals surface area (Å²) >= 11 is 0. The lowest BCUT2D eigenvalue weighted by molar-refractivity contribution is -0.120. The van der Waals surface area contributed by atoms with E-state index in [1.807, 2.05) is 31.2 Å². The van der Waals surface area contributed by atoms with Gasteiger partial charge in [0.25, 0.3) is 0 Å². The number of carbonyl (C=O) groups is 1. The van der Waals surface area contributed by atoms with Crippen molar-refractivity contribution in [3.63, 3.8) is 0 Å². The summed E-state index contributed by atoms with van der Waals surface area (Å²) in [6.07, 6.45) is 1.18. The average Bonchev–Trinajstić information content (AvgIpc) is 2.31. The Bertz CT molecular complexity index is 336. The fourth-order valence-electron chi connectivity index (χ4n) is 1.34. The van der Waals surface area contributed by atoms with E-state index in [0.717, 1.165) is 12.2 Å². The standard InChI is InChI=1S/C13H20N2O2/c1-11-3-5-12(6-4-11)17-10-2-9-15-13(16)7-8-14/h3-6H,2,7-10,14H2,1H3,(H,15,16). The van der Waals surface area contributed by atoms with Crippen molar-refractivity contribution in [1.82, 2.24) is 5.32 Å². The van der Waals surface area contributed by atoms with Gasteiger partial charge in [-0.1, -0.05) is 17.7 Å². The summed E-state index contributed by atoms with van der Waals surface area (Å²) in [5, 5.41) is 2.78. The number of benzene rings is 1. The van der Waals surface area contributed by atoms with Gasteiger partial charge in [0.2, 0.25) is 5.91 Å². The number of hydrogen-bond donors (Lipinski definition) is 2. The molecule has 1 aromatic rings. The number of ether oxygens (including phenoxy) is 1. The highest BCUT2D eigenvalue weighted by molar-refractivity contribution is 5.75. The molecular weight excluding hydrogens is 216 g/mol. The molecule has 0 unspecified atom stereocenters. The molecule has 1 amide bonds. The van der Waals surface area contributed by atoms with Crippen molar-refractivity contribution < 1.29 is 9.53 Å². The molecule has 0 fully saturated rings. The predicted octanol–water partition coefficient (Wildman–Crippen LogP) is 1.23. The molecule has 3 N–H and O–H groups in total. The maximum absolute atomic E-state index is 11.1. The second-order valence-electron chi connectivity index (χ2n) is 3.90. The van der Waals surface area contributed by atoms with Crippen molar-refractivity contribution in [3.05, 3.63) is 29.8 Å². The fourth-order valence-corrected chi connectivity index (χ4v) is 1.34. The maximum Gasteiger partial charge on any atom is 0.221 e. The van der Waals surface area contributed by atoms with Crippen LogP contribution >= 0.6 is 0 Å². The van der Waals surface area contributed by atoms with E-state index in [0.29, 0.717) is 26.1 Å². The first-order valence-corrected chi connectivity index (χ1v) is 5.88. The summed E-state index contributed by atoms with van der Waals surface area (Å²) < 4.78 is 5.53. The average molecular weight is 236 g/mol. The van der Waals surface area contributed by atoms with Gasteiger partial charge in [-0.15, -0.1) is 0 Å². The molecule has 0 aliphatic carbocycles. The van der Waals surface area contributed by atoms with Crippen molar-refractivity contribution in [1.29, 1.82) is 0 Å². The zero-order valence-corrected chi connectivity index (χ0v) is 10.2. The van der Waals surface area contributed by atoms with Crippen LogP contribution in [0.15, 0.2) is 24.3 Å². The summed E-state index contributed by atoms with van der Waals surface area (Å²) in [4.78, 5) is 11.1. The second kappa shape index (κ2) is 7.68. The van der Waals surface area contributed by atoms with Gasteiger partial charge in [-0.2, -0.15) is 0 Å². The molecule has 4 heteroatoms. The molecule has 0 aromatic heterocycles. The van der Waals surface area contributed by atoms with Gasteiger partial charge in [0, 0.05) is 19.5 Å². The van der Waals surface area contributed by atoms with Gasteiger partial charge in [0.05, 0.1) is 6.61 Å². The second-order valence-corrected chi connectivity index (χ2v) is 3.90. The van der Waals surface area contributed by atoms with E-state index in [1.165, 1.54) is 5.56 Å². The van der Waals surface area contributed by atoms with Crippen LogP contribution in [0.1, 0.15) is 18.4 Å². The molecule has 94 valence electrons. The van der Waals surface area contributed by atoms with Crippen molar-refractivity contribution in [2.45, 2.75) is 19.8 Å². The number of rotatable bonds is 7. The molecule has 0 aliphatic heterocycles. The van der Waals surface area contributed by atoms with E-state index in [1.54, 1.807) is 0 Å². The molecule has 0 spiro atoms. The Morgan fingerprint density at radius 3 is 2.71 bits per heavy atom. The van der Waals surface area contributed by atoms with Crippen LogP contribution in [-0.2, 0) is 4.79 Å². The lowest BCUT2D eigenvalue weighted by atomic mass is 10.2. The van der Waals surface area contributed by atoms with Crippen molar-refractivity contribution in [3.8, 4) is 5.75 Å². The summed E-state index contributed by atoms with van der Waals surface area (Å²) in [6.45, 7) is 3.67. The van der Waals surface area contributed by atoms with E-state index in [9.17, 15) is 4.79 Å². The number of nitrogens with one attached hydrogen (secondary N) is 1. The Hall–Kier alpha value is -1.55. The largest absolute Gasteiger partial charge is 0.494 e. The predicted molar refractivity (Wildman–Crippen MR) is 68.0 cm³/mol. The monoisotopic (exact) mass is 236 g/mol. The Balaban J connectivity index is 2.08. The van der Waals surface area contributed by atoms with Gasteiger partial charge in [-0.3, -0.25) is 4.79 Å². The van der Waals surface area contributed by atoms with Crippen LogP contribution in [0.4, 0.5) is 0 Å². The van der Waals surface area contributed by atoms with Gasteiger partial charge in [0.15, 0.2) is 0 Å². The summed E-state index contributed by atoms with van der Waals surface area (Å²) in [7, 11) is 0. The summed E-state index contributed by atoms with van der Waals surface area (Å²) in [5.41, 5.74) is 6.48. The van der Waals surface area contributed by atoms with E-state index in [4.69, 9.17) is 10.5 Å². The van der Waals surface area contributed by atoms with Crippen molar-refractivity contribution in [2.24, 2.45) is 5.73 Å². The Kier molecular flexibility index (Phi) is 6.10. The van der Waals surface area contributed by atoms with Crippen LogP contribution in [-0.4, -0.2) is 25.6 Å². The van der Waals surface area contributed by atoms with Crippen LogP contribution in [0.3, 0.4) is 0 Å². The molecule has 0 atom stereocenters. The van der Waals surface area contributed by atoms with E-state index >= 15 is 0 Å². The minimum Gasteiger partial charge on any atom is -0.494 e. The number of nitrogens with two attached hydrogens (primary N) is 1. The zero-order valence-electron chi connectivity index (χ0n) is 10.2. The SMILES string of the molecule is Cc1ccc(OCCCNC(=O)CCN)cc1. The van der Waals surface area contributed by atoms with Gasteiger partial charge < -0.3 is 15.8 Å². The Morgan fingerprint density at radius 2 is 2.06 bits per heavy atom. The first-order chi connectivity index (χ1) is 8.22. The smallest absolute Gasteiger partial charge is 0.221 e. The molecule has 0 saturated heterocycles. The minimum absolute atomic E-state index is 0.00263. The van der Waals surface area contributed by atoms with Crippen LogP contribution < -0.4 is 15.8 Å². The molecule has 0 bridgehead atoms. The lowest BCUT2D eigenvalue weighted by Gasteiger charge is -2.07. The van der Waals surface area contributed by atoms with Crippen LogP contribution in [0.25, 0.3) is 0 Å². The number of aryl methyl sites for hydroxylation is 1. The maximum atomic E-state index is 11.1. The topological polar surface area (TPSA) is 64.3 Å². The van der Waals surface area contributed by atoms with E-state index in [-0.39, 0.29) is 5.91 Å². The first-order valence-electron chi connectivity index (χ1n) is 5.88. The normalized spacial score (nSPS) is 10.0. The van der Waals surface area contributed by atoms with Crippen LogP contribution in [0, 0.1) is 6.92 Å². The van der Waals surface area contributed by atoms with Gasteiger partial charge >= 0.3 is 0 Å². The summed E-state index contributed by atoms with van der Waals surface area (Å²) in [6, 6.07) is 7.92. The molecule has 0 radical (unpaired) electrons. The van der Waals surface area contributed by atoms with E-state index < -0.39 is 0 Å². The molecular formula is C13H20N2O2. The molecule has 1 rings (SSSR count). The lowest BCUT2D eigenvalue weighted by Crippen LogP contribution is -2.27. The molecule has 4 nitrogen and oxygen atoms in total. The molecule has 0 aliphatic rings. The minimum atomic E-state index is 0.00263. The summed E-state index contributed by atoms with van der Waals surface area (Å²) in [5.74, 6) is 0.867. The Morgan fingerprint density at radius 1 is 1.35 bits per heavy atom. The van der Waals surface area contributed by atoms with Crippen molar-refractivity contribution in [2.75, 3.05) is 19.7 Å². The molecule has 1 aromatic carbocycles. The highest BCUT2D eigenvalue weighted by atomic mass is 16.5. The van der Waals surface area contributed by atoms with E-state index in [2.05, 4.69) is 5.32 Å². The fraction of sp³-hybridized carbons (Fsp3) is 0.462. The molecule has 0 heterocycles. The van der Waals surface area contributed by atoms with Crippen LogP contribution in [0.5, 0.6) is 5.75 Å². The number of hydrogen-bond acceptors (Lipinski definition) is 3. The molecule has 0 saturated carbocycles. The first kappa shape index (κ1) is 13.5. The van der Waals surface area contributed by atoms with Gasteiger partial charge in [-0.25, -0.2) is 0 Å². The third-order valence-corrected chi connectivity index (χ3v) is 2.30. The number of carbonyl (C=O) groups excluding carboxylic acids is 1. The third-order valence-electron chi connectivity index (χ3n) is 2.30. The quantitative estimate of drug-likeness (QED) is 0.700.